The van der Waals surface area contributed by atoms with Gasteiger partial charge in [-0.15, -0.1) is 0 Å². The van der Waals surface area contributed by atoms with Crippen LogP contribution in [0.3, 0.4) is 0 Å². The highest BCUT2D eigenvalue weighted by Crippen LogP contribution is 2.23. The summed E-state index contributed by atoms with van der Waals surface area (Å²) in [5.74, 6) is 1.11. The predicted molar refractivity (Wildman–Crippen MR) is 88.7 cm³/mol. The summed E-state index contributed by atoms with van der Waals surface area (Å²) >= 11 is 0. The number of ether oxygens (including phenoxy) is 1. The summed E-state index contributed by atoms with van der Waals surface area (Å²) in [6, 6.07) is 7.88. The number of unbranched alkanes of at least 4 members (excludes halogenated alkanes) is 1. The second kappa shape index (κ2) is 8.86. The second-order valence-corrected chi connectivity index (χ2v) is 6.66. The lowest BCUT2D eigenvalue weighted by Crippen LogP contribution is -2.11. The van der Waals surface area contributed by atoms with E-state index in [0.717, 1.165) is 5.92 Å². The van der Waals surface area contributed by atoms with Crippen molar-refractivity contribution in [3.05, 3.63) is 35.4 Å². The minimum Gasteiger partial charge on any atom is -0.459 e. The van der Waals surface area contributed by atoms with Gasteiger partial charge in [0.05, 0.1) is 11.7 Å². The van der Waals surface area contributed by atoms with E-state index >= 15 is 0 Å². The summed E-state index contributed by atoms with van der Waals surface area (Å²) in [7, 11) is 0. The van der Waals surface area contributed by atoms with Crippen LogP contribution in [-0.2, 0) is 4.74 Å². The molecule has 0 spiro atoms. The first kappa shape index (κ1) is 17.7. The van der Waals surface area contributed by atoms with Crippen molar-refractivity contribution in [2.45, 2.75) is 72.3 Å². The maximum atomic E-state index is 11.8. The summed E-state index contributed by atoms with van der Waals surface area (Å²) in [6.45, 7) is 10.5. The molecule has 21 heavy (non-hydrogen) atoms. The first-order chi connectivity index (χ1) is 9.90. The van der Waals surface area contributed by atoms with Gasteiger partial charge in [0.15, 0.2) is 0 Å². The van der Waals surface area contributed by atoms with Gasteiger partial charge in [-0.3, -0.25) is 0 Å². The fourth-order valence-electron chi connectivity index (χ4n) is 2.40. The Kier molecular flexibility index (Phi) is 7.49. The van der Waals surface area contributed by atoms with Crippen molar-refractivity contribution < 1.29 is 9.53 Å². The van der Waals surface area contributed by atoms with Gasteiger partial charge in [0.2, 0.25) is 0 Å². The molecule has 0 heterocycles. The predicted octanol–water partition coefficient (Wildman–Crippen LogP) is 5.57. The molecule has 0 aromatic heterocycles. The van der Waals surface area contributed by atoms with Gasteiger partial charge in [0.25, 0.3) is 0 Å². The third-order valence-electron chi connectivity index (χ3n) is 3.73. The Labute approximate surface area is 129 Å². The van der Waals surface area contributed by atoms with E-state index in [1.807, 2.05) is 26.0 Å². The van der Waals surface area contributed by atoms with Crippen LogP contribution < -0.4 is 0 Å². The van der Waals surface area contributed by atoms with Crippen molar-refractivity contribution >= 4 is 5.97 Å². The van der Waals surface area contributed by atoms with Crippen LogP contribution in [0.15, 0.2) is 24.3 Å². The number of hydrogen-bond acceptors (Lipinski definition) is 2. The van der Waals surface area contributed by atoms with Gasteiger partial charge in [-0.25, -0.2) is 4.79 Å². The molecule has 1 aromatic carbocycles. The highest BCUT2D eigenvalue weighted by molar-refractivity contribution is 5.89. The molecule has 0 saturated heterocycles. The van der Waals surface area contributed by atoms with E-state index in [2.05, 4.69) is 32.9 Å². The highest BCUT2D eigenvalue weighted by Gasteiger charge is 2.11. The molecule has 1 atom stereocenters. The molecule has 0 saturated carbocycles. The Bertz CT molecular complexity index is 418. The van der Waals surface area contributed by atoms with Gasteiger partial charge < -0.3 is 4.74 Å². The summed E-state index contributed by atoms with van der Waals surface area (Å²) in [5, 5.41) is 0. The largest absolute Gasteiger partial charge is 0.459 e. The van der Waals surface area contributed by atoms with Gasteiger partial charge in [0.1, 0.15) is 0 Å². The van der Waals surface area contributed by atoms with Gasteiger partial charge in [-0.05, 0) is 49.8 Å². The number of rotatable bonds is 8. The van der Waals surface area contributed by atoms with E-state index in [0.29, 0.717) is 11.5 Å². The highest BCUT2D eigenvalue weighted by atomic mass is 16.5. The first-order valence-electron chi connectivity index (χ1n) is 8.21. The topological polar surface area (TPSA) is 26.3 Å². The van der Waals surface area contributed by atoms with Gasteiger partial charge in [0, 0.05) is 0 Å². The molecule has 2 nitrogen and oxygen atoms in total. The van der Waals surface area contributed by atoms with E-state index in [1.54, 1.807) is 0 Å². The fraction of sp³-hybridized carbons (Fsp3) is 0.632. The molecular formula is C19H30O2. The van der Waals surface area contributed by atoms with E-state index in [9.17, 15) is 4.79 Å². The third kappa shape index (κ3) is 6.79. The average Bonchev–Trinajstić information content (AvgIpc) is 2.42. The fourth-order valence-corrected chi connectivity index (χ4v) is 2.40. The molecule has 0 aliphatic rings. The lowest BCUT2D eigenvalue weighted by atomic mass is 9.93. The van der Waals surface area contributed by atoms with Crippen molar-refractivity contribution in [3.63, 3.8) is 0 Å². The zero-order valence-electron chi connectivity index (χ0n) is 14.2. The summed E-state index contributed by atoms with van der Waals surface area (Å²) < 4.78 is 5.20. The van der Waals surface area contributed by atoms with E-state index in [-0.39, 0.29) is 12.1 Å². The Morgan fingerprint density at radius 1 is 0.952 bits per heavy atom. The van der Waals surface area contributed by atoms with E-state index in [1.165, 1.54) is 31.2 Å². The first-order valence-corrected chi connectivity index (χ1v) is 8.21. The normalized spacial score (nSPS) is 12.7. The van der Waals surface area contributed by atoms with E-state index < -0.39 is 0 Å². The SMILES string of the molecule is CC(C)CCCCC(C)c1ccc(C(=O)OC(C)C)cc1. The smallest absolute Gasteiger partial charge is 0.338 e. The molecule has 0 aliphatic heterocycles. The molecule has 2 heteroatoms. The molecular weight excluding hydrogens is 260 g/mol. The van der Waals surface area contributed by atoms with Crippen LogP contribution in [0, 0.1) is 5.92 Å². The minimum atomic E-state index is -0.235. The van der Waals surface area contributed by atoms with Crippen LogP contribution in [0.25, 0.3) is 0 Å². The second-order valence-electron chi connectivity index (χ2n) is 6.66. The molecule has 0 aliphatic carbocycles. The molecule has 0 radical (unpaired) electrons. The average molecular weight is 290 g/mol. The maximum absolute atomic E-state index is 11.8. The molecule has 0 N–H and O–H groups in total. The summed E-state index contributed by atoms with van der Waals surface area (Å²) in [5.41, 5.74) is 1.94. The van der Waals surface area contributed by atoms with Crippen molar-refractivity contribution in [2.75, 3.05) is 0 Å². The standard InChI is InChI=1S/C19H30O2/c1-14(2)8-6-7-9-16(5)17-10-12-18(13-11-17)19(20)21-15(3)4/h10-16H,6-9H2,1-5H3. The zero-order valence-corrected chi connectivity index (χ0v) is 14.2. The quantitative estimate of drug-likeness (QED) is 0.462. The minimum absolute atomic E-state index is 0.0722. The number of carbonyl (C=O) groups excluding carboxylic acids is 1. The van der Waals surface area contributed by atoms with Crippen LogP contribution in [0.5, 0.6) is 0 Å². The van der Waals surface area contributed by atoms with Crippen LogP contribution in [0.4, 0.5) is 0 Å². The van der Waals surface area contributed by atoms with Gasteiger partial charge >= 0.3 is 5.97 Å². The Hall–Kier alpha value is -1.31. The summed E-state index contributed by atoms with van der Waals surface area (Å²) in [4.78, 5) is 11.8. The molecule has 1 aromatic rings. The molecule has 0 fully saturated rings. The molecule has 1 unspecified atom stereocenters. The molecule has 1 rings (SSSR count). The third-order valence-corrected chi connectivity index (χ3v) is 3.73. The van der Waals surface area contributed by atoms with Crippen LogP contribution in [0.2, 0.25) is 0 Å². The van der Waals surface area contributed by atoms with Crippen LogP contribution >= 0.6 is 0 Å². The van der Waals surface area contributed by atoms with Crippen molar-refractivity contribution in [1.29, 1.82) is 0 Å². The number of hydrogen-bond donors (Lipinski definition) is 0. The van der Waals surface area contributed by atoms with E-state index in [4.69, 9.17) is 4.74 Å². The number of carbonyl (C=O) groups is 1. The van der Waals surface area contributed by atoms with Crippen LogP contribution in [-0.4, -0.2) is 12.1 Å². The molecule has 0 bridgehead atoms. The Balaban J connectivity index is 2.47. The van der Waals surface area contributed by atoms with Crippen molar-refractivity contribution in [1.82, 2.24) is 0 Å². The molecule has 118 valence electrons. The van der Waals surface area contributed by atoms with Crippen molar-refractivity contribution in [2.24, 2.45) is 5.92 Å². The van der Waals surface area contributed by atoms with Gasteiger partial charge in [-0.2, -0.15) is 0 Å². The molecule has 0 amide bonds. The van der Waals surface area contributed by atoms with Crippen molar-refractivity contribution in [3.8, 4) is 0 Å². The van der Waals surface area contributed by atoms with Crippen LogP contribution in [0.1, 0.15) is 82.1 Å². The monoisotopic (exact) mass is 290 g/mol. The Morgan fingerprint density at radius 3 is 2.05 bits per heavy atom. The summed E-state index contributed by atoms with van der Waals surface area (Å²) in [6.07, 6.45) is 5.03. The van der Waals surface area contributed by atoms with Gasteiger partial charge in [-0.1, -0.05) is 52.2 Å². The maximum Gasteiger partial charge on any atom is 0.338 e. The number of benzene rings is 1. The number of esters is 1. The lowest BCUT2D eigenvalue weighted by Gasteiger charge is -2.13. The Morgan fingerprint density at radius 2 is 1.52 bits per heavy atom. The lowest BCUT2D eigenvalue weighted by molar-refractivity contribution is 0.0378. The zero-order chi connectivity index (χ0) is 15.8.